The second-order valence-corrected chi connectivity index (χ2v) is 8.71. The third kappa shape index (κ3) is 6.38. The number of hydrogen-bond acceptors (Lipinski definition) is 5. The molecule has 0 atom stereocenters. The first-order valence-electron chi connectivity index (χ1n) is 11.8. The zero-order valence-electron chi connectivity index (χ0n) is 20.1. The van der Waals surface area contributed by atoms with Crippen molar-refractivity contribution >= 4 is 23.4 Å². The van der Waals surface area contributed by atoms with E-state index in [1.807, 2.05) is 28.8 Å². The molecule has 0 aliphatic heterocycles. The zero-order valence-corrected chi connectivity index (χ0v) is 20.9. The van der Waals surface area contributed by atoms with Crippen LogP contribution in [0.3, 0.4) is 0 Å². The van der Waals surface area contributed by atoms with Crippen LogP contribution in [0.25, 0.3) is 11.4 Å². The number of aryl methyl sites for hydroxylation is 2. The number of benzene rings is 2. The van der Waals surface area contributed by atoms with E-state index < -0.39 is 0 Å². The number of nitrogens with one attached hydrogen (secondary N) is 1. The molecule has 0 radical (unpaired) electrons. The summed E-state index contributed by atoms with van der Waals surface area (Å²) >= 11 is 1.41. The van der Waals surface area contributed by atoms with Gasteiger partial charge >= 0.3 is 0 Å². The Hall–Kier alpha value is -2.80. The van der Waals surface area contributed by atoms with Crippen LogP contribution in [0.2, 0.25) is 0 Å². The number of para-hydroxylation sites is 1. The van der Waals surface area contributed by atoms with Crippen LogP contribution in [-0.2, 0) is 24.2 Å². The van der Waals surface area contributed by atoms with Gasteiger partial charge in [-0.05, 0) is 61.6 Å². The average molecular weight is 467 g/mol. The number of rotatable bonds is 12. The first-order valence-corrected chi connectivity index (χ1v) is 12.8. The number of unbranched alkanes of at least 4 members (excludes halogenated alkanes) is 1. The molecule has 33 heavy (non-hydrogen) atoms. The van der Waals surface area contributed by atoms with Crippen LogP contribution < -0.4 is 10.1 Å². The Kier molecular flexibility index (Phi) is 9.36. The predicted octanol–water partition coefficient (Wildman–Crippen LogP) is 6.00. The van der Waals surface area contributed by atoms with Gasteiger partial charge in [0.05, 0.1) is 12.4 Å². The van der Waals surface area contributed by atoms with Gasteiger partial charge in [-0.2, -0.15) is 0 Å². The third-order valence-corrected chi connectivity index (χ3v) is 6.47. The average Bonchev–Trinajstić information content (AvgIpc) is 3.26. The number of nitrogens with zero attached hydrogens (tertiary/aromatic N) is 3. The molecule has 0 spiro atoms. The first kappa shape index (κ1) is 24.8. The van der Waals surface area contributed by atoms with Crippen LogP contribution in [0.1, 0.15) is 51.7 Å². The van der Waals surface area contributed by atoms with E-state index in [0.717, 1.165) is 77.9 Å². The van der Waals surface area contributed by atoms with Gasteiger partial charge in [0.1, 0.15) is 5.75 Å². The lowest BCUT2D eigenvalue weighted by Crippen LogP contribution is -2.17. The summed E-state index contributed by atoms with van der Waals surface area (Å²) in [4.78, 5) is 12.7. The summed E-state index contributed by atoms with van der Waals surface area (Å²) in [6, 6.07) is 14.1. The molecule has 1 heterocycles. The number of amides is 1. The van der Waals surface area contributed by atoms with E-state index in [1.165, 1.54) is 11.8 Å². The van der Waals surface area contributed by atoms with Gasteiger partial charge in [0, 0.05) is 17.8 Å². The fourth-order valence-corrected chi connectivity index (χ4v) is 4.44. The van der Waals surface area contributed by atoms with Gasteiger partial charge < -0.3 is 14.6 Å². The van der Waals surface area contributed by atoms with Crippen molar-refractivity contribution in [3.63, 3.8) is 0 Å². The van der Waals surface area contributed by atoms with Crippen molar-refractivity contribution in [2.24, 2.45) is 0 Å². The zero-order chi connectivity index (χ0) is 23.6. The van der Waals surface area contributed by atoms with E-state index in [2.05, 4.69) is 61.4 Å². The molecule has 7 heteroatoms. The van der Waals surface area contributed by atoms with Crippen LogP contribution in [-0.4, -0.2) is 33.0 Å². The molecule has 3 aromatic rings. The summed E-state index contributed by atoms with van der Waals surface area (Å²) in [6.45, 7) is 9.87. The van der Waals surface area contributed by atoms with E-state index >= 15 is 0 Å². The Labute approximate surface area is 201 Å². The third-order valence-electron chi connectivity index (χ3n) is 5.51. The lowest BCUT2D eigenvalue weighted by molar-refractivity contribution is -0.113. The molecule has 3 rings (SSSR count). The Morgan fingerprint density at radius 3 is 2.30 bits per heavy atom. The molecule has 0 unspecified atom stereocenters. The van der Waals surface area contributed by atoms with E-state index in [0.29, 0.717) is 0 Å². The molecule has 2 aromatic carbocycles. The highest BCUT2D eigenvalue weighted by atomic mass is 32.2. The smallest absolute Gasteiger partial charge is 0.234 e. The lowest BCUT2D eigenvalue weighted by Gasteiger charge is -2.14. The van der Waals surface area contributed by atoms with Gasteiger partial charge in [0.25, 0.3) is 0 Å². The summed E-state index contributed by atoms with van der Waals surface area (Å²) in [6.07, 6.45) is 3.92. The maximum absolute atomic E-state index is 12.7. The predicted molar refractivity (Wildman–Crippen MR) is 136 cm³/mol. The number of aromatic nitrogens is 3. The quantitative estimate of drug-likeness (QED) is 0.262. The highest BCUT2D eigenvalue weighted by Crippen LogP contribution is 2.27. The molecule has 0 bridgehead atoms. The fraction of sp³-hybridized carbons (Fsp3) is 0.423. The normalized spacial score (nSPS) is 10.9. The van der Waals surface area contributed by atoms with Crippen molar-refractivity contribution in [3.8, 4) is 17.1 Å². The summed E-state index contributed by atoms with van der Waals surface area (Å²) in [5.41, 5.74) is 4.25. The van der Waals surface area contributed by atoms with Gasteiger partial charge in [0.2, 0.25) is 5.91 Å². The molecule has 0 saturated carbocycles. The summed E-state index contributed by atoms with van der Waals surface area (Å²) in [5.74, 6) is 1.91. The van der Waals surface area contributed by atoms with Gasteiger partial charge in [-0.3, -0.25) is 4.79 Å². The maximum Gasteiger partial charge on any atom is 0.234 e. The van der Waals surface area contributed by atoms with E-state index in [9.17, 15) is 4.79 Å². The van der Waals surface area contributed by atoms with Crippen molar-refractivity contribution in [1.29, 1.82) is 0 Å². The standard InChI is InChI=1S/C26H34N4O2S/c1-5-9-17-32-22-15-13-21(14-16-22)25-28-29-26(30(25)8-4)33-18-23(31)27-24-19(6-2)11-10-12-20(24)7-3/h10-16H,5-9,17-18H2,1-4H3,(H,27,31). The molecule has 0 aliphatic rings. The molecule has 6 nitrogen and oxygen atoms in total. The molecule has 1 aromatic heterocycles. The van der Waals surface area contributed by atoms with E-state index in [1.54, 1.807) is 0 Å². The summed E-state index contributed by atoms with van der Waals surface area (Å²) in [5, 5.41) is 12.6. The van der Waals surface area contributed by atoms with Crippen LogP contribution >= 0.6 is 11.8 Å². The van der Waals surface area contributed by atoms with Crippen molar-refractivity contribution in [1.82, 2.24) is 14.8 Å². The highest BCUT2D eigenvalue weighted by Gasteiger charge is 2.16. The van der Waals surface area contributed by atoms with Crippen molar-refractivity contribution in [2.45, 2.75) is 65.1 Å². The van der Waals surface area contributed by atoms with Gasteiger partial charge in [0.15, 0.2) is 11.0 Å². The maximum atomic E-state index is 12.7. The number of carbonyl (C=O) groups is 1. The van der Waals surface area contributed by atoms with Crippen molar-refractivity contribution < 1.29 is 9.53 Å². The Balaban J connectivity index is 1.67. The number of anilines is 1. The number of thioether (sulfide) groups is 1. The van der Waals surface area contributed by atoms with Crippen LogP contribution in [0, 0.1) is 0 Å². The molecule has 176 valence electrons. The minimum absolute atomic E-state index is 0.0311. The molecular weight excluding hydrogens is 432 g/mol. The summed E-state index contributed by atoms with van der Waals surface area (Å²) in [7, 11) is 0. The molecule has 0 aliphatic carbocycles. The Bertz CT molecular complexity index is 1020. The fourth-order valence-electron chi connectivity index (χ4n) is 3.64. The van der Waals surface area contributed by atoms with Crippen LogP contribution in [0.4, 0.5) is 5.69 Å². The largest absolute Gasteiger partial charge is 0.494 e. The van der Waals surface area contributed by atoms with Crippen LogP contribution in [0.15, 0.2) is 47.6 Å². The topological polar surface area (TPSA) is 69.0 Å². The molecule has 0 fully saturated rings. The SMILES string of the molecule is CCCCOc1ccc(-c2nnc(SCC(=O)Nc3c(CC)cccc3CC)n2CC)cc1. The molecule has 0 saturated heterocycles. The van der Waals surface area contributed by atoms with Crippen molar-refractivity contribution in [2.75, 3.05) is 17.7 Å². The monoisotopic (exact) mass is 466 g/mol. The van der Waals surface area contributed by atoms with E-state index in [-0.39, 0.29) is 11.7 Å². The van der Waals surface area contributed by atoms with Crippen LogP contribution in [0.5, 0.6) is 5.75 Å². The lowest BCUT2D eigenvalue weighted by atomic mass is 10.0. The van der Waals surface area contributed by atoms with Gasteiger partial charge in [-0.1, -0.05) is 57.2 Å². The molecule has 1 amide bonds. The molecule has 1 N–H and O–H groups in total. The highest BCUT2D eigenvalue weighted by molar-refractivity contribution is 7.99. The summed E-state index contributed by atoms with van der Waals surface area (Å²) < 4.78 is 7.80. The Morgan fingerprint density at radius 2 is 1.70 bits per heavy atom. The van der Waals surface area contributed by atoms with Gasteiger partial charge in [-0.15, -0.1) is 10.2 Å². The minimum Gasteiger partial charge on any atom is -0.494 e. The number of ether oxygens (including phenoxy) is 1. The second kappa shape index (κ2) is 12.4. The molecular formula is C26H34N4O2S. The van der Waals surface area contributed by atoms with Crippen molar-refractivity contribution in [3.05, 3.63) is 53.6 Å². The first-order chi connectivity index (χ1) is 16.1. The minimum atomic E-state index is -0.0311. The second-order valence-electron chi connectivity index (χ2n) is 7.77. The Morgan fingerprint density at radius 1 is 1.00 bits per heavy atom. The van der Waals surface area contributed by atoms with E-state index in [4.69, 9.17) is 4.74 Å². The number of hydrogen-bond donors (Lipinski definition) is 1. The van der Waals surface area contributed by atoms with Gasteiger partial charge in [-0.25, -0.2) is 0 Å². The number of carbonyl (C=O) groups excluding carboxylic acids is 1.